The fraction of sp³-hybridized carbons (Fsp3) is 0.341. The lowest BCUT2D eigenvalue weighted by atomic mass is 10.1. The van der Waals surface area contributed by atoms with Crippen molar-refractivity contribution in [1.29, 1.82) is 0 Å². The van der Waals surface area contributed by atoms with Crippen molar-refractivity contribution in [2.24, 2.45) is 0 Å². The quantitative estimate of drug-likeness (QED) is 0.147. The number of methoxy groups -OCH3 is 1. The summed E-state index contributed by atoms with van der Waals surface area (Å²) in [6.45, 7) is 6.14. The number of benzene rings is 3. The van der Waals surface area contributed by atoms with Gasteiger partial charge < -0.3 is 24.3 Å². The summed E-state index contributed by atoms with van der Waals surface area (Å²) in [4.78, 5) is 36.7. The number of nitrogens with zero attached hydrogens (tertiary/aromatic N) is 4. The molecule has 56 heavy (non-hydrogen) atoms. The largest absolute Gasteiger partial charge is 0.493 e. The number of anilines is 1. The Hall–Kier alpha value is -4.83. The molecule has 5 heterocycles. The Morgan fingerprint density at radius 2 is 1.62 bits per heavy atom. The van der Waals surface area contributed by atoms with Gasteiger partial charge in [-0.25, -0.2) is 8.78 Å². The van der Waals surface area contributed by atoms with E-state index in [-0.39, 0.29) is 22.7 Å². The van der Waals surface area contributed by atoms with Crippen LogP contribution in [-0.2, 0) is 6.42 Å². The van der Waals surface area contributed by atoms with E-state index in [2.05, 4.69) is 27.0 Å². The molecule has 0 saturated carbocycles. The molecule has 3 aliphatic heterocycles. The second-order valence-corrected chi connectivity index (χ2v) is 16.0. The summed E-state index contributed by atoms with van der Waals surface area (Å²) in [5.41, 5.74) is 0.846. The smallest absolute Gasteiger partial charge is 0.271 e. The van der Waals surface area contributed by atoms with Crippen LogP contribution in [0.15, 0.2) is 77.9 Å². The number of hydrogen-bond donors (Lipinski definition) is 1. The summed E-state index contributed by atoms with van der Waals surface area (Å²) >= 11 is 3.92. The highest BCUT2D eigenvalue weighted by molar-refractivity contribution is 7.99. The van der Waals surface area contributed by atoms with Crippen LogP contribution in [0.2, 0.25) is 0 Å². The lowest BCUT2D eigenvalue weighted by Crippen LogP contribution is -2.67. The molecule has 3 aliphatic rings. The molecule has 2 aromatic heterocycles. The van der Waals surface area contributed by atoms with Gasteiger partial charge in [-0.15, -0.1) is 0 Å². The van der Waals surface area contributed by atoms with Gasteiger partial charge in [-0.05, 0) is 48.5 Å². The predicted molar refractivity (Wildman–Crippen MR) is 215 cm³/mol. The molecule has 0 bridgehead atoms. The number of amides is 1. The van der Waals surface area contributed by atoms with Crippen molar-refractivity contribution in [2.45, 2.75) is 25.6 Å². The van der Waals surface area contributed by atoms with Gasteiger partial charge in [0.1, 0.15) is 22.9 Å². The molecule has 2 fully saturated rings. The Labute approximate surface area is 331 Å². The summed E-state index contributed by atoms with van der Waals surface area (Å²) in [7, 11) is 1.59. The van der Waals surface area contributed by atoms with Gasteiger partial charge in [-0.2, -0.15) is 23.5 Å². The van der Waals surface area contributed by atoms with Gasteiger partial charge >= 0.3 is 0 Å². The van der Waals surface area contributed by atoms with Crippen molar-refractivity contribution in [2.75, 3.05) is 68.2 Å². The minimum Gasteiger partial charge on any atom is -0.493 e. The first-order valence-corrected chi connectivity index (χ1v) is 20.9. The molecule has 0 unspecified atom stereocenters. The van der Waals surface area contributed by atoms with Gasteiger partial charge in [-0.3, -0.25) is 28.9 Å². The normalized spacial score (nSPS) is 16.3. The molecule has 8 rings (SSSR count). The van der Waals surface area contributed by atoms with E-state index >= 15 is 4.39 Å². The second kappa shape index (κ2) is 16.3. The molecule has 1 amide bonds. The molecule has 15 heteroatoms. The van der Waals surface area contributed by atoms with Crippen molar-refractivity contribution in [3.05, 3.63) is 106 Å². The molecule has 292 valence electrons. The average Bonchev–Trinajstić information content (AvgIpc) is 3.69. The molecular formula is C41H41F2N5O6S2. The third-order valence-electron chi connectivity index (χ3n) is 10.3. The highest BCUT2D eigenvalue weighted by atomic mass is 32.2. The topological polar surface area (TPSA) is 107 Å². The van der Waals surface area contributed by atoms with E-state index in [1.807, 2.05) is 29.6 Å². The van der Waals surface area contributed by atoms with Crippen LogP contribution in [0, 0.1) is 11.6 Å². The molecule has 0 spiro atoms. The zero-order chi connectivity index (χ0) is 38.8. The van der Waals surface area contributed by atoms with E-state index in [0.717, 1.165) is 61.7 Å². The van der Waals surface area contributed by atoms with Crippen molar-refractivity contribution < 1.29 is 32.5 Å². The van der Waals surface area contributed by atoms with E-state index in [4.69, 9.17) is 18.9 Å². The van der Waals surface area contributed by atoms with Crippen molar-refractivity contribution in [3.8, 4) is 34.4 Å². The zero-order valence-corrected chi connectivity index (χ0v) is 32.7. The number of ether oxygens (including phenoxy) is 4. The summed E-state index contributed by atoms with van der Waals surface area (Å²) in [6, 6.07) is 14.7. The number of pyridine rings is 2. The zero-order valence-electron chi connectivity index (χ0n) is 31.0. The predicted octanol–water partition coefficient (Wildman–Crippen LogP) is 7.19. The van der Waals surface area contributed by atoms with Crippen molar-refractivity contribution in [1.82, 2.24) is 19.4 Å². The van der Waals surface area contributed by atoms with Gasteiger partial charge in [0, 0.05) is 109 Å². The highest BCUT2D eigenvalue weighted by Gasteiger charge is 2.45. The third-order valence-corrected chi connectivity index (χ3v) is 12.2. The van der Waals surface area contributed by atoms with Crippen molar-refractivity contribution >= 4 is 46.0 Å². The first kappa shape index (κ1) is 38.1. The Morgan fingerprint density at radius 3 is 2.29 bits per heavy atom. The molecule has 2 saturated heterocycles. The Morgan fingerprint density at radius 1 is 0.911 bits per heavy atom. The SMILES string of the molecule is CCC(Oc1cc2nccc(Oc3ccc(NC(=O)c4c5c(cn(-c6ccc(F)cc6)c4=O)CCO5)cc3F)c2cc1OC)(N1CCSCC1)N1CCSCC1. The number of hydrogen-bond acceptors (Lipinski definition) is 11. The number of halogens is 2. The van der Waals surface area contributed by atoms with Crippen LogP contribution in [0.25, 0.3) is 16.6 Å². The summed E-state index contributed by atoms with van der Waals surface area (Å²) in [6.07, 6.45) is 4.42. The Kier molecular flexibility index (Phi) is 11.1. The van der Waals surface area contributed by atoms with Crippen LogP contribution in [-0.4, -0.2) is 94.0 Å². The molecule has 0 radical (unpaired) electrons. The fourth-order valence-electron chi connectivity index (χ4n) is 7.53. The molecule has 1 N–H and O–H groups in total. The first-order chi connectivity index (χ1) is 27.3. The average molecular weight is 802 g/mol. The number of rotatable bonds is 11. The minimum absolute atomic E-state index is 0.0895. The van der Waals surface area contributed by atoms with Crippen LogP contribution in [0.5, 0.6) is 28.7 Å². The molecule has 11 nitrogen and oxygen atoms in total. The monoisotopic (exact) mass is 801 g/mol. The van der Waals surface area contributed by atoms with Crippen LogP contribution >= 0.6 is 23.5 Å². The Bertz CT molecular complexity index is 2300. The molecule has 5 aromatic rings. The molecular weight excluding hydrogens is 761 g/mol. The second-order valence-electron chi connectivity index (χ2n) is 13.5. The summed E-state index contributed by atoms with van der Waals surface area (Å²) < 4.78 is 55.4. The lowest BCUT2D eigenvalue weighted by Gasteiger charge is -2.52. The van der Waals surface area contributed by atoms with Crippen LogP contribution in [0.1, 0.15) is 29.3 Å². The highest BCUT2D eigenvalue weighted by Crippen LogP contribution is 2.42. The maximum Gasteiger partial charge on any atom is 0.271 e. The lowest BCUT2D eigenvalue weighted by molar-refractivity contribution is -0.194. The van der Waals surface area contributed by atoms with Gasteiger partial charge in [-0.1, -0.05) is 6.92 Å². The number of fused-ring (bicyclic) bond motifs is 2. The number of aromatic nitrogens is 2. The summed E-state index contributed by atoms with van der Waals surface area (Å²) in [5.74, 6) is 3.03. The summed E-state index contributed by atoms with van der Waals surface area (Å²) in [5, 5.41) is 3.22. The fourth-order valence-corrected chi connectivity index (χ4v) is 9.34. The maximum absolute atomic E-state index is 15.7. The number of carbonyl (C=O) groups is 1. The van der Waals surface area contributed by atoms with Gasteiger partial charge in [0.05, 0.1) is 19.2 Å². The van der Waals surface area contributed by atoms with E-state index in [9.17, 15) is 14.0 Å². The maximum atomic E-state index is 15.7. The van der Waals surface area contributed by atoms with Gasteiger partial charge in [0.15, 0.2) is 23.1 Å². The van der Waals surface area contributed by atoms with E-state index in [1.54, 1.807) is 31.6 Å². The Balaban J connectivity index is 1.05. The van der Waals surface area contributed by atoms with Crippen LogP contribution < -0.4 is 29.8 Å². The van der Waals surface area contributed by atoms with Gasteiger partial charge in [0.25, 0.3) is 11.5 Å². The van der Waals surface area contributed by atoms with Crippen LogP contribution in [0.3, 0.4) is 0 Å². The van der Waals surface area contributed by atoms with Crippen LogP contribution in [0.4, 0.5) is 14.5 Å². The van der Waals surface area contributed by atoms with E-state index < -0.39 is 28.9 Å². The molecule has 0 aliphatic carbocycles. The molecule has 0 atom stereocenters. The number of thioether (sulfide) groups is 2. The van der Waals surface area contributed by atoms with E-state index in [1.165, 1.54) is 41.0 Å². The van der Waals surface area contributed by atoms with E-state index in [0.29, 0.717) is 52.4 Å². The molecule has 3 aromatic carbocycles. The standard InChI is InChI=1S/C41H41F2N5O6S2/c1-3-41(46-13-18-55-19-14-46,47-15-20-56-21-16-47)54-36-24-32-30(23-35(36)51-2)33(10-12-44-32)53-34-9-6-28(22-31(34)43)45-39(49)37-38-26(11-17-52-38)25-48(40(37)50)29-7-4-27(42)5-8-29/h4-10,12,22-25H,3,11,13-21H2,1-2H3,(H,45,49). The van der Waals surface area contributed by atoms with Gasteiger partial charge in [0.2, 0.25) is 5.85 Å². The first-order valence-electron chi connectivity index (χ1n) is 18.6. The number of nitrogens with one attached hydrogen (secondary N) is 1. The minimum atomic E-state index is -0.770. The van der Waals surface area contributed by atoms with Crippen molar-refractivity contribution in [3.63, 3.8) is 0 Å². The number of carbonyl (C=O) groups excluding carboxylic acids is 1. The third kappa shape index (κ3) is 7.40.